The van der Waals surface area contributed by atoms with Crippen LogP contribution in [0.4, 0.5) is 30.8 Å². The van der Waals surface area contributed by atoms with Crippen LogP contribution in [-0.2, 0) is 0 Å². The quantitative estimate of drug-likeness (QED) is 0.555. The van der Waals surface area contributed by atoms with Crippen LogP contribution < -0.4 is 14.7 Å². The fourth-order valence-corrected chi connectivity index (χ4v) is 4.83. The minimum absolute atomic E-state index is 0.0201. The van der Waals surface area contributed by atoms with E-state index in [4.69, 9.17) is 9.97 Å². The van der Waals surface area contributed by atoms with Gasteiger partial charge in [0.15, 0.2) is 23.3 Å². The Labute approximate surface area is 197 Å². The number of nitrogens with zero attached hydrogens (tertiary/aromatic N) is 6. The zero-order valence-electron chi connectivity index (χ0n) is 19.3. The van der Waals surface area contributed by atoms with Gasteiger partial charge in [0.25, 0.3) is 0 Å². The van der Waals surface area contributed by atoms with Gasteiger partial charge in [-0.2, -0.15) is 4.98 Å². The van der Waals surface area contributed by atoms with Gasteiger partial charge >= 0.3 is 0 Å². The number of benzene rings is 1. The van der Waals surface area contributed by atoms with Crippen molar-refractivity contribution in [3.05, 3.63) is 60.0 Å². The van der Waals surface area contributed by atoms with Crippen LogP contribution in [0.3, 0.4) is 0 Å². The third-order valence-electron chi connectivity index (χ3n) is 6.69. The molecule has 2 unspecified atom stereocenters. The Morgan fingerprint density at radius 2 is 1.71 bits per heavy atom. The van der Waals surface area contributed by atoms with E-state index in [0.29, 0.717) is 48.7 Å². The fourth-order valence-electron chi connectivity index (χ4n) is 4.83. The Balaban J connectivity index is 1.49. The molecule has 2 fully saturated rings. The summed E-state index contributed by atoms with van der Waals surface area (Å²) in [6, 6.07) is 8.97. The van der Waals surface area contributed by atoms with Gasteiger partial charge in [0.2, 0.25) is 5.95 Å². The molecule has 0 bridgehead atoms. The highest BCUT2D eigenvalue weighted by Crippen LogP contribution is 2.31. The molecule has 9 heteroatoms. The second kappa shape index (κ2) is 9.12. The lowest BCUT2D eigenvalue weighted by Crippen LogP contribution is -2.53. The first-order valence-electron chi connectivity index (χ1n) is 11.6. The first kappa shape index (κ1) is 22.4. The average Bonchev–Trinajstić information content (AvgIpc) is 3.26. The maximum absolute atomic E-state index is 14.3. The van der Waals surface area contributed by atoms with E-state index < -0.39 is 11.6 Å². The Hall–Kier alpha value is -3.36. The molecule has 2 atom stereocenters. The van der Waals surface area contributed by atoms with Gasteiger partial charge in [0.1, 0.15) is 5.82 Å². The molecule has 0 saturated carbocycles. The van der Waals surface area contributed by atoms with Crippen molar-refractivity contribution >= 4 is 17.6 Å². The Morgan fingerprint density at radius 3 is 2.41 bits per heavy atom. The molecule has 1 aromatic carbocycles. The molecular weight excluding hydrogens is 441 g/mol. The number of hydrogen-bond donors (Lipinski definition) is 0. The van der Waals surface area contributed by atoms with Gasteiger partial charge in [-0.3, -0.25) is 0 Å². The van der Waals surface area contributed by atoms with Gasteiger partial charge in [0, 0.05) is 56.1 Å². The van der Waals surface area contributed by atoms with Crippen LogP contribution in [0, 0.1) is 17.5 Å². The van der Waals surface area contributed by atoms with Crippen molar-refractivity contribution in [2.75, 3.05) is 40.9 Å². The standard InChI is InChI=1S/C25H27F3N6/c1-16-5-4-10-34(16)25-30-22(18-7-8-19(26)21(28)13-18)14-23(31-25)33-12-11-32(15-17(33)2)24-20(27)6-3-9-29-24/h3,6-9,13-14,16-17H,4-5,10-12,15H2,1-2H3. The second-order valence-corrected chi connectivity index (χ2v) is 9.02. The molecule has 0 spiro atoms. The van der Waals surface area contributed by atoms with E-state index >= 15 is 0 Å². The molecule has 5 rings (SSSR count). The predicted octanol–water partition coefficient (Wildman–Crippen LogP) is 4.66. The molecule has 178 valence electrons. The molecule has 0 aliphatic carbocycles. The van der Waals surface area contributed by atoms with Crippen LogP contribution in [0.15, 0.2) is 42.6 Å². The minimum Gasteiger partial charge on any atom is -0.350 e. The molecule has 2 aromatic heterocycles. The largest absolute Gasteiger partial charge is 0.350 e. The summed E-state index contributed by atoms with van der Waals surface area (Å²) in [5, 5.41) is 0. The lowest BCUT2D eigenvalue weighted by molar-refractivity contribution is 0.509. The van der Waals surface area contributed by atoms with E-state index in [1.54, 1.807) is 12.3 Å². The van der Waals surface area contributed by atoms with Gasteiger partial charge < -0.3 is 14.7 Å². The van der Waals surface area contributed by atoms with Crippen molar-refractivity contribution in [2.45, 2.75) is 38.8 Å². The summed E-state index contributed by atoms with van der Waals surface area (Å²) in [7, 11) is 0. The summed E-state index contributed by atoms with van der Waals surface area (Å²) in [6.45, 7) is 6.82. The first-order chi connectivity index (χ1) is 16.4. The second-order valence-electron chi connectivity index (χ2n) is 9.02. The summed E-state index contributed by atoms with van der Waals surface area (Å²) in [5.74, 6) is -0.474. The SMILES string of the molecule is CC1CN(c2ncccc2F)CCN1c1cc(-c2ccc(F)c(F)c2)nc(N2CCCC2C)n1. The van der Waals surface area contributed by atoms with E-state index in [0.717, 1.165) is 31.3 Å². The van der Waals surface area contributed by atoms with Crippen LogP contribution >= 0.6 is 0 Å². The predicted molar refractivity (Wildman–Crippen MR) is 127 cm³/mol. The Bertz CT molecular complexity index is 1190. The summed E-state index contributed by atoms with van der Waals surface area (Å²) in [6.07, 6.45) is 3.70. The van der Waals surface area contributed by atoms with Crippen LogP contribution in [0.5, 0.6) is 0 Å². The third-order valence-corrected chi connectivity index (χ3v) is 6.69. The van der Waals surface area contributed by atoms with Crippen molar-refractivity contribution in [1.29, 1.82) is 0 Å². The van der Waals surface area contributed by atoms with Crippen LogP contribution in [0.2, 0.25) is 0 Å². The molecular formula is C25H27F3N6. The van der Waals surface area contributed by atoms with Gasteiger partial charge in [-0.15, -0.1) is 0 Å². The molecule has 4 heterocycles. The highest BCUT2D eigenvalue weighted by atomic mass is 19.2. The number of anilines is 3. The maximum atomic E-state index is 14.3. The fraction of sp³-hybridized carbons (Fsp3) is 0.400. The van der Waals surface area contributed by atoms with Gasteiger partial charge in [0.05, 0.1) is 5.69 Å². The van der Waals surface area contributed by atoms with E-state index in [2.05, 4.69) is 28.6 Å². The zero-order valence-corrected chi connectivity index (χ0v) is 19.3. The number of aromatic nitrogens is 3. The van der Waals surface area contributed by atoms with Gasteiger partial charge in [-0.05, 0) is 57.0 Å². The smallest absolute Gasteiger partial charge is 0.228 e. The lowest BCUT2D eigenvalue weighted by atomic mass is 10.1. The Morgan fingerprint density at radius 1 is 0.853 bits per heavy atom. The monoisotopic (exact) mass is 468 g/mol. The first-order valence-corrected chi connectivity index (χ1v) is 11.6. The van der Waals surface area contributed by atoms with Gasteiger partial charge in [-0.25, -0.2) is 23.1 Å². The zero-order chi connectivity index (χ0) is 23.8. The van der Waals surface area contributed by atoms with Crippen molar-refractivity contribution < 1.29 is 13.2 Å². The number of pyridine rings is 1. The molecule has 0 amide bonds. The third kappa shape index (κ3) is 4.26. The summed E-state index contributed by atoms with van der Waals surface area (Å²) < 4.78 is 41.8. The molecule has 6 nitrogen and oxygen atoms in total. The highest BCUT2D eigenvalue weighted by Gasteiger charge is 2.29. The number of rotatable bonds is 4. The highest BCUT2D eigenvalue weighted by molar-refractivity contribution is 5.66. The number of hydrogen-bond acceptors (Lipinski definition) is 6. The van der Waals surface area contributed by atoms with Crippen molar-refractivity contribution in [2.24, 2.45) is 0 Å². The summed E-state index contributed by atoms with van der Waals surface area (Å²) in [5.41, 5.74) is 1.04. The van der Waals surface area contributed by atoms with Crippen LogP contribution in [0.25, 0.3) is 11.3 Å². The van der Waals surface area contributed by atoms with Crippen molar-refractivity contribution in [3.63, 3.8) is 0 Å². The van der Waals surface area contributed by atoms with Crippen LogP contribution in [0.1, 0.15) is 26.7 Å². The molecule has 34 heavy (non-hydrogen) atoms. The summed E-state index contributed by atoms with van der Waals surface area (Å²) in [4.78, 5) is 20.1. The molecule has 0 N–H and O–H groups in total. The van der Waals surface area contributed by atoms with Gasteiger partial charge in [-0.1, -0.05) is 0 Å². The van der Waals surface area contributed by atoms with E-state index in [9.17, 15) is 13.2 Å². The van der Waals surface area contributed by atoms with Crippen molar-refractivity contribution in [3.8, 4) is 11.3 Å². The minimum atomic E-state index is -0.909. The maximum Gasteiger partial charge on any atom is 0.228 e. The molecule has 2 saturated heterocycles. The summed E-state index contributed by atoms with van der Waals surface area (Å²) >= 11 is 0. The molecule has 0 radical (unpaired) electrons. The van der Waals surface area contributed by atoms with E-state index in [1.807, 2.05) is 11.0 Å². The number of halogens is 3. The molecule has 2 aliphatic rings. The normalized spacial score (nSPS) is 20.8. The van der Waals surface area contributed by atoms with E-state index in [-0.39, 0.29) is 11.9 Å². The van der Waals surface area contributed by atoms with Crippen LogP contribution in [-0.4, -0.2) is 53.2 Å². The topological polar surface area (TPSA) is 48.4 Å². The molecule has 2 aliphatic heterocycles. The number of piperazine rings is 1. The van der Waals surface area contributed by atoms with E-state index in [1.165, 1.54) is 18.2 Å². The lowest BCUT2D eigenvalue weighted by Gasteiger charge is -2.41. The van der Waals surface area contributed by atoms with Crippen molar-refractivity contribution in [1.82, 2.24) is 15.0 Å². The average molecular weight is 469 g/mol. The Kier molecular flexibility index (Phi) is 6.02. The molecule has 3 aromatic rings.